The van der Waals surface area contributed by atoms with Crippen LogP contribution in [-0.4, -0.2) is 0 Å². The van der Waals surface area contributed by atoms with E-state index in [4.69, 9.17) is 0 Å². The summed E-state index contributed by atoms with van der Waals surface area (Å²) in [6.45, 7) is 2.10. The van der Waals surface area contributed by atoms with Crippen molar-refractivity contribution in [3.8, 4) is 0 Å². The molecule has 0 spiro atoms. The Balaban J connectivity index is 2.10. The summed E-state index contributed by atoms with van der Waals surface area (Å²) in [5.74, 6) is 0.929. The van der Waals surface area contributed by atoms with Crippen LogP contribution in [0.5, 0.6) is 0 Å². The number of alkyl halides is 3. The van der Waals surface area contributed by atoms with Crippen LogP contribution in [-0.2, 0) is 12.6 Å². The van der Waals surface area contributed by atoms with Crippen molar-refractivity contribution in [1.82, 2.24) is 0 Å². The van der Waals surface area contributed by atoms with Crippen LogP contribution >= 0.6 is 0 Å². The van der Waals surface area contributed by atoms with Gasteiger partial charge in [-0.1, -0.05) is 57.2 Å². The van der Waals surface area contributed by atoms with E-state index in [0.717, 1.165) is 0 Å². The van der Waals surface area contributed by atoms with E-state index in [9.17, 15) is 13.2 Å². The van der Waals surface area contributed by atoms with Gasteiger partial charge < -0.3 is 0 Å². The maximum atomic E-state index is 12.9. The van der Waals surface area contributed by atoms with Crippen LogP contribution < -0.4 is 0 Å². The van der Waals surface area contributed by atoms with Crippen LogP contribution in [0.25, 0.3) is 0 Å². The molecule has 1 aliphatic carbocycles. The van der Waals surface area contributed by atoms with Gasteiger partial charge in [0.2, 0.25) is 0 Å². The smallest absolute Gasteiger partial charge is 0.166 e. The Hall–Kier alpha value is -0.990. The third-order valence-electron chi connectivity index (χ3n) is 4.32. The van der Waals surface area contributed by atoms with E-state index < -0.39 is 11.7 Å². The second-order valence-electron chi connectivity index (χ2n) is 5.73. The molecule has 0 bridgehead atoms. The predicted octanol–water partition coefficient (Wildman–Crippen LogP) is 5.46. The normalized spacial score (nSPS) is 19.4. The van der Waals surface area contributed by atoms with Gasteiger partial charge in [0.15, 0.2) is 0 Å². The Morgan fingerprint density at radius 1 is 1.11 bits per heavy atom. The van der Waals surface area contributed by atoms with Gasteiger partial charge in [0.25, 0.3) is 0 Å². The molecule has 0 amide bonds. The molecule has 0 radical (unpaired) electrons. The second-order valence-corrected chi connectivity index (χ2v) is 5.73. The van der Waals surface area contributed by atoms with Gasteiger partial charge in [-0.05, 0) is 29.9 Å². The van der Waals surface area contributed by atoms with Gasteiger partial charge in [0, 0.05) is 0 Å². The lowest BCUT2D eigenvalue weighted by atomic mass is 9.78. The van der Waals surface area contributed by atoms with Crippen molar-refractivity contribution in [2.75, 3.05) is 0 Å². The van der Waals surface area contributed by atoms with Crippen LogP contribution in [0.4, 0.5) is 13.2 Å². The van der Waals surface area contributed by atoms with E-state index in [1.165, 1.54) is 44.2 Å². The van der Waals surface area contributed by atoms with Crippen LogP contribution in [0.15, 0.2) is 24.3 Å². The molecular formula is C16H21F3. The Morgan fingerprint density at radius 2 is 1.74 bits per heavy atom. The van der Waals surface area contributed by atoms with E-state index in [0.29, 0.717) is 23.8 Å². The molecule has 106 valence electrons. The number of rotatable bonds is 3. The molecule has 0 saturated heterocycles. The quantitative estimate of drug-likeness (QED) is 0.683. The maximum Gasteiger partial charge on any atom is 0.416 e. The van der Waals surface area contributed by atoms with Gasteiger partial charge in [-0.25, -0.2) is 0 Å². The van der Waals surface area contributed by atoms with E-state index in [2.05, 4.69) is 6.92 Å². The summed E-state index contributed by atoms with van der Waals surface area (Å²) in [6, 6.07) is 6.00. The second kappa shape index (κ2) is 5.98. The highest BCUT2D eigenvalue weighted by Gasteiger charge is 2.33. The molecule has 0 aromatic heterocycles. The van der Waals surface area contributed by atoms with E-state index >= 15 is 0 Å². The summed E-state index contributed by atoms with van der Waals surface area (Å²) in [7, 11) is 0. The third-order valence-corrected chi connectivity index (χ3v) is 4.32. The molecular weight excluding hydrogens is 249 g/mol. The molecule has 1 atom stereocenters. The van der Waals surface area contributed by atoms with Crippen molar-refractivity contribution in [3.05, 3.63) is 35.4 Å². The first-order chi connectivity index (χ1) is 8.98. The Kier molecular flexibility index (Phi) is 4.54. The highest BCUT2D eigenvalue weighted by Crippen LogP contribution is 2.36. The zero-order valence-electron chi connectivity index (χ0n) is 11.3. The van der Waals surface area contributed by atoms with Crippen molar-refractivity contribution in [1.29, 1.82) is 0 Å². The van der Waals surface area contributed by atoms with E-state index in [1.807, 2.05) is 0 Å². The molecule has 0 nitrogen and oxygen atoms in total. The molecule has 1 aromatic carbocycles. The fourth-order valence-corrected chi connectivity index (χ4v) is 3.19. The number of benzene rings is 1. The van der Waals surface area contributed by atoms with E-state index in [-0.39, 0.29) is 0 Å². The molecule has 1 saturated carbocycles. The molecule has 1 aromatic rings. The van der Waals surface area contributed by atoms with Gasteiger partial charge in [-0.3, -0.25) is 0 Å². The van der Waals surface area contributed by atoms with Crippen molar-refractivity contribution < 1.29 is 13.2 Å². The van der Waals surface area contributed by atoms with Crippen molar-refractivity contribution in [2.45, 2.75) is 51.6 Å². The molecule has 0 aliphatic heterocycles. The monoisotopic (exact) mass is 270 g/mol. The van der Waals surface area contributed by atoms with Crippen LogP contribution in [0.3, 0.4) is 0 Å². The van der Waals surface area contributed by atoms with Crippen LogP contribution in [0.1, 0.15) is 50.2 Å². The van der Waals surface area contributed by atoms with Gasteiger partial charge in [0.1, 0.15) is 0 Å². The van der Waals surface area contributed by atoms with Gasteiger partial charge in [-0.15, -0.1) is 0 Å². The molecule has 0 heterocycles. The van der Waals surface area contributed by atoms with Crippen molar-refractivity contribution >= 4 is 0 Å². The summed E-state index contributed by atoms with van der Waals surface area (Å²) in [6.07, 6.45) is 2.40. The molecule has 2 rings (SSSR count). The zero-order chi connectivity index (χ0) is 13.9. The lowest BCUT2D eigenvalue weighted by Crippen LogP contribution is -2.19. The first kappa shape index (κ1) is 14.4. The lowest BCUT2D eigenvalue weighted by molar-refractivity contribution is -0.138. The average Bonchev–Trinajstić information content (AvgIpc) is 2.39. The molecule has 19 heavy (non-hydrogen) atoms. The topological polar surface area (TPSA) is 0 Å². The highest BCUT2D eigenvalue weighted by atomic mass is 19.4. The molecule has 1 fully saturated rings. The minimum absolute atomic E-state index is 0.337. The summed E-state index contributed by atoms with van der Waals surface area (Å²) in [4.78, 5) is 0. The van der Waals surface area contributed by atoms with Crippen molar-refractivity contribution in [2.24, 2.45) is 11.8 Å². The number of hydrogen-bond donors (Lipinski definition) is 0. The Labute approximate surface area is 113 Å². The minimum Gasteiger partial charge on any atom is -0.166 e. The standard InChI is InChI=1S/C16H21F3/c1-12(13-7-3-2-4-8-13)11-14-9-5-6-10-15(14)16(17,18)19/h5-6,9-10,12-13H,2-4,7-8,11H2,1H3. The molecule has 0 N–H and O–H groups in total. The first-order valence-corrected chi connectivity index (χ1v) is 7.13. The van der Waals surface area contributed by atoms with Gasteiger partial charge in [-0.2, -0.15) is 13.2 Å². The SMILES string of the molecule is CC(Cc1ccccc1C(F)(F)F)C1CCCCC1. The van der Waals surface area contributed by atoms with Crippen molar-refractivity contribution in [3.63, 3.8) is 0 Å². The number of hydrogen-bond acceptors (Lipinski definition) is 0. The average molecular weight is 270 g/mol. The maximum absolute atomic E-state index is 12.9. The summed E-state index contributed by atoms with van der Waals surface area (Å²) in [5, 5.41) is 0. The molecule has 3 heteroatoms. The molecule has 1 aliphatic rings. The van der Waals surface area contributed by atoms with Gasteiger partial charge in [0.05, 0.1) is 5.56 Å². The summed E-state index contributed by atoms with van der Waals surface area (Å²) in [5.41, 5.74) is -0.00858. The zero-order valence-corrected chi connectivity index (χ0v) is 11.3. The fraction of sp³-hybridized carbons (Fsp3) is 0.625. The minimum atomic E-state index is -4.23. The van der Waals surface area contributed by atoms with Gasteiger partial charge >= 0.3 is 6.18 Å². The summed E-state index contributed by atoms with van der Waals surface area (Å²) < 4.78 is 38.8. The Morgan fingerprint density at radius 3 is 2.37 bits per heavy atom. The number of halogens is 3. The molecule has 1 unspecified atom stereocenters. The highest BCUT2D eigenvalue weighted by molar-refractivity contribution is 5.30. The first-order valence-electron chi connectivity index (χ1n) is 7.13. The lowest BCUT2D eigenvalue weighted by Gasteiger charge is -2.28. The predicted molar refractivity (Wildman–Crippen MR) is 70.9 cm³/mol. The largest absolute Gasteiger partial charge is 0.416 e. The van der Waals surface area contributed by atoms with E-state index in [1.54, 1.807) is 12.1 Å². The Bertz CT molecular complexity index is 403. The fourth-order valence-electron chi connectivity index (χ4n) is 3.19. The summed E-state index contributed by atoms with van der Waals surface area (Å²) >= 11 is 0. The van der Waals surface area contributed by atoms with Crippen LogP contribution in [0.2, 0.25) is 0 Å². The van der Waals surface area contributed by atoms with Crippen LogP contribution in [0, 0.1) is 11.8 Å². The third kappa shape index (κ3) is 3.74.